The average molecular weight is 454 g/mol. The molecule has 9 heteroatoms. The van der Waals surface area contributed by atoms with Crippen LogP contribution in [0.5, 0.6) is 5.88 Å². The fraction of sp³-hybridized carbons (Fsp3) is 0.391. The number of rotatable bonds is 4. The van der Waals surface area contributed by atoms with Gasteiger partial charge in [0, 0.05) is 55.9 Å². The molecule has 3 heterocycles. The van der Waals surface area contributed by atoms with Crippen LogP contribution in [-0.4, -0.2) is 71.7 Å². The van der Waals surface area contributed by atoms with E-state index >= 15 is 0 Å². The van der Waals surface area contributed by atoms with Crippen molar-refractivity contribution in [2.75, 3.05) is 37.3 Å². The minimum absolute atomic E-state index is 0.202. The summed E-state index contributed by atoms with van der Waals surface area (Å²) in [7, 11) is -3.18. The van der Waals surface area contributed by atoms with Crippen molar-refractivity contribution in [3.63, 3.8) is 0 Å². The van der Waals surface area contributed by atoms with Gasteiger partial charge in [-0.05, 0) is 55.7 Å². The van der Waals surface area contributed by atoms with E-state index in [9.17, 15) is 13.5 Å². The van der Waals surface area contributed by atoms with Gasteiger partial charge in [-0.15, -0.1) is 0 Å². The molecule has 0 bridgehead atoms. The standard InChI is InChI=1S/C23H27N5O3S/c1-32(30,31)19-8-5-17(6-9-19)26-12-14-27(15-13-26)18-7-10-21-20(16-18)23(29)28(25-21)22-4-2-3-11-24-22/h2-6,8-9,11,18,29H,7,10,12-16H2,1H3. The van der Waals surface area contributed by atoms with Gasteiger partial charge in [-0.25, -0.2) is 13.4 Å². The smallest absolute Gasteiger partial charge is 0.219 e. The first-order valence-electron chi connectivity index (χ1n) is 10.9. The Hall–Kier alpha value is -2.91. The van der Waals surface area contributed by atoms with Gasteiger partial charge in [-0.3, -0.25) is 4.90 Å². The van der Waals surface area contributed by atoms with E-state index < -0.39 is 9.84 Å². The van der Waals surface area contributed by atoms with Crippen LogP contribution < -0.4 is 4.90 Å². The van der Waals surface area contributed by atoms with Crippen molar-refractivity contribution in [2.45, 2.75) is 30.2 Å². The summed E-state index contributed by atoms with van der Waals surface area (Å²) in [4.78, 5) is 9.46. The maximum absolute atomic E-state index is 11.7. The number of anilines is 1. The quantitative estimate of drug-likeness (QED) is 0.646. The minimum atomic E-state index is -3.18. The number of hydrogen-bond donors (Lipinski definition) is 1. The Labute approximate surface area is 188 Å². The van der Waals surface area contributed by atoms with Gasteiger partial charge in [0.1, 0.15) is 0 Å². The van der Waals surface area contributed by atoms with E-state index in [1.807, 2.05) is 30.3 Å². The summed E-state index contributed by atoms with van der Waals surface area (Å²) in [6.45, 7) is 3.65. The number of hydrogen-bond acceptors (Lipinski definition) is 7. The fourth-order valence-electron chi connectivity index (χ4n) is 4.74. The Balaban J connectivity index is 1.24. The van der Waals surface area contributed by atoms with Gasteiger partial charge in [0.25, 0.3) is 0 Å². The second-order valence-electron chi connectivity index (χ2n) is 8.53. The second kappa shape index (κ2) is 8.22. The van der Waals surface area contributed by atoms with E-state index in [0.29, 0.717) is 16.8 Å². The van der Waals surface area contributed by atoms with E-state index in [2.05, 4.69) is 19.9 Å². The van der Waals surface area contributed by atoms with Crippen LogP contribution in [0.3, 0.4) is 0 Å². The lowest BCUT2D eigenvalue weighted by Gasteiger charge is -2.41. The molecule has 0 saturated carbocycles. The number of nitrogens with zero attached hydrogens (tertiary/aromatic N) is 5. The molecule has 1 N–H and O–H groups in total. The zero-order valence-corrected chi connectivity index (χ0v) is 18.9. The van der Waals surface area contributed by atoms with Gasteiger partial charge in [0.2, 0.25) is 5.88 Å². The predicted octanol–water partition coefficient (Wildman–Crippen LogP) is 2.06. The molecule has 168 valence electrons. The number of aromatic hydroxyl groups is 1. The first-order valence-corrected chi connectivity index (χ1v) is 12.8. The molecule has 0 amide bonds. The zero-order chi connectivity index (χ0) is 22.3. The van der Waals surface area contributed by atoms with Crippen LogP contribution in [0.1, 0.15) is 17.7 Å². The summed E-state index contributed by atoms with van der Waals surface area (Å²) in [6, 6.07) is 13.1. The Morgan fingerprint density at radius 2 is 1.78 bits per heavy atom. The summed E-state index contributed by atoms with van der Waals surface area (Å²) in [5, 5.41) is 15.4. The van der Waals surface area contributed by atoms with E-state index in [4.69, 9.17) is 0 Å². The highest BCUT2D eigenvalue weighted by atomic mass is 32.2. The lowest BCUT2D eigenvalue weighted by molar-refractivity contribution is 0.169. The molecule has 32 heavy (non-hydrogen) atoms. The highest BCUT2D eigenvalue weighted by molar-refractivity contribution is 7.90. The molecule has 0 radical (unpaired) electrons. The molecule has 1 atom stereocenters. The Kier molecular flexibility index (Phi) is 5.38. The number of sulfone groups is 1. The zero-order valence-electron chi connectivity index (χ0n) is 18.1. The Bertz CT molecular complexity index is 1200. The number of benzene rings is 1. The largest absolute Gasteiger partial charge is 0.493 e. The molecule has 0 spiro atoms. The maximum atomic E-state index is 11.7. The average Bonchev–Trinajstić information content (AvgIpc) is 3.15. The molecular formula is C23H27N5O3S. The minimum Gasteiger partial charge on any atom is -0.493 e. The van der Waals surface area contributed by atoms with Crippen molar-refractivity contribution in [1.82, 2.24) is 19.7 Å². The second-order valence-corrected chi connectivity index (χ2v) is 10.6. The number of piperazine rings is 1. The van der Waals surface area contributed by atoms with Crippen molar-refractivity contribution in [2.24, 2.45) is 0 Å². The van der Waals surface area contributed by atoms with Crippen molar-refractivity contribution >= 4 is 15.5 Å². The summed E-state index contributed by atoms with van der Waals surface area (Å²) in [6.07, 6.45) is 5.59. The summed E-state index contributed by atoms with van der Waals surface area (Å²) in [5.41, 5.74) is 2.96. The Morgan fingerprint density at radius 3 is 2.44 bits per heavy atom. The third-order valence-electron chi connectivity index (χ3n) is 6.52. The van der Waals surface area contributed by atoms with Crippen molar-refractivity contribution in [3.05, 3.63) is 59.9 Å². The highest BCUT2D eigenvalue weighted by Gasteiger charge is 2.31. The van der Waals surface area contributed by atoms with Crippen LogP contribution in [0.15, 0.2) is 53.6 Å². The van der Waals surface area contributed by atoms with Gasteiger partial charge in [-0.1, -0.05) is 6.07 Å². The van der Waals surface area contributed by atoms with Gasteiger partial charge in [0.15, 0.2) is 15.7 Å². The van der Waals surface area contributed by atoms with E-state index in [0.717, 1.165) is 62.4 Å². The molecule has 1 aliphatic heterocycles. The van der Waals surface area contributed by atoms with Gasteiger partial charge >= 0.3 is 0 Å². The van der Waals surface area contributed by atoms with Crippen LogP contribution >= 0.6 is 0 Å². The molecule has 2 aliphatic rings. The van der Waals surface area contributed by atoms with E-state index in [1.54, 1.807) is 23.0 Å². The molecule has 2 aromatic heterocycles. The molecule has 1 unspecified atom stereocenters. The van der Waals surface area contributed by atoms with Crippen LogP contribution in [-0.2, 0) is 22.7 Å². The van der Waals surface area contributed by atoms with Crippen molar-refractivity contribution in [1.29, 1.82) is 0 Å². The third kappa shape index (κ3) is 3.98. The SMILES string of the molecule is CS(=O)(=O)c1ccc(N2CCN(C3CCc4nn(-c5ccccn5)c(O)c4C3)CC2)cc1. The summed E-state index contributed by atoms with van der Waals surface area (Å²) < 4.78 is 24.9. The van der Waals surface area contributed by atoms with Crippen LogP contribution in [0.4, 0.5) is 5.69 Å². The normalized spacial score (nSPS) is 19.7. The Morgan fingerprint density at radius 1 is 1.03 bits per heavy atom. The highest BCUT2D eigenvalue weighted by Crippen LogP contribution is 2.33. The molecule has 8 nitrogen and oxygen atoms in total. The number of aromatic nitrogens is 3. The molecule has 3 aromatic rings. The third-order valence-corrected chi connectivity index (χ3v) is 7.65. The first kappa shape index (κ1) is 21.0. The van der Waals surface area contributed by atoms with Crippen LogP contribution in [0.2, 0.25) is 0 Å². The first-order chi connectivity index (χ1) is 15.4. The van der Waals surface area contributed by atoms with Crippen LogP contribution in [0.25, 0.3) is 5.82 Å². The fourth-order valence-corrected chi connectivity index (χ4v) is 5.37. The molecule has 1 saturated heterocycles. The van der Waals surface area contributed by atoms with Gasteiger partial charge in [0.05, 0.1) is 10.6 Å². The predicted molar refractivity (Wildman–Crippen MR) is 122 cm³/mol. The van der Waals surface area contributed by atoms with E-state index in [-0.39, 0.29) is 5.88 Å². The maximum Gasteiger partial charge on any atom is 0.219 e. The van der Waals surface area contributed by atoms with Crippen LogP contribution in [0, 0.1) is 0 Å². The lowest BCUT2D eigenvalue weighted by atomic mass is 9.91. The number of fused-ring (bicyclic) bond motifs is 1. The van der Waals surface area contributed by atoms with E-state index in [1.165, 1.54) is 6.26 Å². The monoisotopic (exact) mass is 453 g/mol. The van der Waals surface area contributed by atoms with Gasteiger partial charge < -0.3 is 10.0 Å². The van der Waals surface area contributed by atoms with Gasteiger partial charge in [-0.2, -0.15) is 9.78 Å². The lowest BCUT2D eigenvalue weighted by Crippen LogP contribution is -2.51. The molecular weight excluding hydrogens is 426 g/mol. The molecule has 1 fully saturated rings. The van der Waals surface area contributed by atoms with Crippen molar-refractivity contribution < 1.29 is 13.5 Å². The number of aryl methyl sites for hydroxylation is 1. The number of pyridine rings is 1. The van der Waals surface area contributed by atoms with Crippen molar-refractivity contribution in [3.8, 4) is 11.7 Å². The molecule has 5 rings (SSSR count). The summed E-state index contributed by atoms with van der Waals surface area (Å²) in [5.74, 6) is 0.833. The molecule has 1 aromatic carbocycles. The topological polar surface area (TPSA) is 91.6 Å². The summed E-state index contributed by atoms with van der Waals surface area (Å²) >= 11 is 0. The molecule has 1 aliphatic carbocycles.